The van der Waals surface area contributed by atoms with Gasteiger partial charge in [-0.1, -0.05) is 78.9 Å². The first-order valence-electron chi connectivity index (χ1n) is 15.1. The van der Waals surface area contributed by atoms with Crippen LogP contribution in [0.4, 0.5) is 0 Å². The molecule has 4 aromatic heterocycles. The van der Waals surface area contributed by atoms with Gasteiger partial charge in [-0.3, -0.25) is 0 Å². The normalized spacial score (nSPS) is 12.0. The van der Waals surface area contributed by atoms with Crippen LogP contribution in [0.5, 0.6) is 0 Å². The van der Waals surface area contributed by atoms with Crippen LogP contribution in [0.3, 0.4) is 0 Å². The van der Waals surface area contributed by atoms with Crippen LogP contribution in [0.1, 0.15) is 0 Å². The first-order valence-corrected chi connectivity index (χ1v) is 15.1. The van der Waals surface area contributed by atoms with Gasteiger partial charge in [-0.15, -0.1) is 0 Å². The van der Waals surface area contributed by atoms with Gasteiger partial charge in [0, 0.05) is 39.5 Å². The SMILES string of the molecule is c1ccc2c(c1)oc1cc3c(cc12)oc1ccc(-c2ccc4cc(-c5ccc(-c6cn7ccccc7n6)cc5)ccc4c2)cc13. The molecule has 0 aliphatic heterocycles. The number of pyridine rings is 1. The second-order valence-corrected chi connectivity index (χ2v) is 11.7. The van der Waals surface area contributed by atoms with Crippen molar-refractivity contribution in [1.82, 2.24) is 9.38 Å². The molecule has 0 fully saturated rings. The fourth-order valence-electron chi connectivity index (χ4n) is 6.69. The van der Waals surface area contributed by atoms with Crippen LogP contribution in [0, 0.1) is 0 Å². The summed E-state index contributed by atoms with van der Waals surface area (Å²) in [5.41, 5.74) is 11.3. The van der Waals surface area contributed by atoms with E-state index in [-0.39, 0.29) is 0 Å². The maximum absolute atomic E-state index is 6.30. The van der Waals surface area contributed by atoms with E-state index in [1.54, 1.807) is 0 Å². The molecule has 0 atom stereocenters. The summed E-state index contributed by atoms with van der Waals surface area (Å²) in [6.45, 7) is 0. The van der Waals surface area contributed by atoms with Gasteiger partial charge in [-0.05, 0) is 87.6 Å². The molecule has 0 amide bonds. The largest absolute Gasteiger partial charge is 0.456 e. The summed E-state index contributed by atoms with van der Waals surface area (Å²) in [6.07, 6.45) is 4.10. The molecule has 0 radical (unpaired) electrons. The lowest BCUT2D eigenvalue weighted by Gasteiger charge is -2.08. The van der Waals surface area contributed by atoms with Crippen molar-refractivity contribution in [2.75, 3.05) is 0 Å². The molecule has 0 unspecified atom stereocenters. The van der Waals surface area contributed by atoms with E-state index < -0.39 is 0 Å². The van der Waals surface area contributed by atoms with E-state index in [4.69, 9.17) is 13.8 Å². The Bertz CT molecular complexity index is 2730. The highest BCUT2D eigenvalue weighted by atomic mass is 16.3. The zero-order chi connectivity index (χ0) is 29.5. The lowest BCUT2D eigenvalue weighted by atomic mass is 9.96. The van der Waals surface area contributed by atoms with E-state index >= 15 is 0 Å². The fourth-order valence-corrected chi connectivity index (χ4v) is 6.69. The zero-order valence-corrected chi connectivity index (χ0v) is 24.1. The zero-order valence-electron chi connectivity index (χ0n) is 24.1. The first-order chi connectivity index (χ1) is 22.2. The Hall–Kier alpha value is -6.13. The van der Waals surface area contributed by atoms with Crippen molar-refractivity contribution < 1.29 is 8.83 Å². The van der Waals surface area contributed by atoms with Crippen LogP contribution in [0.25, 0.3) is 93.8 Å². The number of rotatable bonds is 3. The number of hydrogen-bond donors (Lipinski definition) is 0. The summed E-state index contributed by atoms with van der Waals surface area (Å²) in [6, 6.07) is 46.9. The molecule has 0 aliphatic carbocycles. The van der Waals surface area contributed by atoms with Gasteiger partial charge in [0.15, 0.2) is 0 Å². The number of hydrogen-bond acceptors (Lipinski definition) is 3. The number of imidazole rings is 1. The molecule has 0 N–H and O–H groups in total. The van der Waals surface area contributed by atoms with Gasteiger partial charge in [-0.2, -0.15) is 0 Å². The van der Waals surface area contributed by atoms with Gasteiger partial charge in [0.2, 0.25) is 0 Å². The summed E-state index contributed by atoms with van der Waals surface area (Å²) in [5, 5.41) is 6.76. The lowest BCUT2D eigenvalue weighted by Crippen LogP contribution is -1.83. The second kappa shape index (κ2) is 9.18. The Balaban J connectivity index is 0.990. The molecule has 4 nitrogen and oxygen atoms in total. The monoisotopic (exact) mass is 576 g/mol. The predicted molar refractivity (Wildman–Crippen MR) is 184 cm³/mol. The number of benzene rings is 6. The van der Waals surface area contributed by atoms with Crippen LogP contribution < -0.4 is 0 Å². The fraction of sp³-hybridized carbons (Fsp3) is 0. The van der Waals surface area contributed by atoms with Crippen LogP contribution in [-0.2, 0) is 0 Å². The Morgan fingerprint density at radius 1 is 0.422 bits per heavy atom. The molecule has 45 heavy (non-hydrogen) atoms. The summed E-state index contributed by atoms with van der Waals surface area (Å²) >= 11 is 0. The Labute approximate surface area is 257 Å². The molecule has 10 aromatic rings. The molecule has 0 bridgehead atoms. The van der Waals surface area contributed by atoms with Crippen LogP contribution >= 0.6 is 0 Å². The molecule has 4 heterocycles. The topological polar surface area (TPSA) is 43.6 Å². The van der Waals surface area contributed by atoms with Gasteiger partial charge in [0.05, 0.1) is 5.69 Å². The standard InChI is InChI=1S/C41H24N2O2/c1-2-6-37-32(5-1)34-22-40-35(23-39(34)44-37)33-21-31(16-17-38(33)45-40)30-15-14-28-19-27(12-13-29(28)20-30)25-8-10-26(11-9-25)36-24-43-18-4-3-7-41(43)42-36/h1-24H. The number of furan rings is 2. The summed E-state index contributed by atoms with van der Waals surface area (Å²) in [5.74, 6) is 0. The van der Waals surface area contributed by atoms with Gasteiger partial charge in [-0.25, -0.2) is 4.98 Å². The molecule has 6 aromatic carbocycles. The van der Waals surface area contributed by atoms with Gasteiger partial charge in [0.1, 0.15) is 28.0 Å². The summed E-state index contributed by atoms with van der Waals surface area (Å²) < 4.78 is 14.5. The Morgan fingerprint density at radius 2 is 1.00 bits per heavy atom. The number of fused-ring (bicyclic) bond motifs is 8. The first kappa shape index (κ1) is 24.3. The van der Waals surface area contributed by atoms with Gasteiger partial charge >= 0.3 is 0 Å². The highest BCUT2D eigenvalue weighted by Gasteiger charge is 2.14. The number of aromatic nitrogens is 2. The maximum Gasteiger partial charge on any atom is 0.137 e. The molecule has 4 heteroatoms. The van der Waals surface area contributed by atoms with Crippen molar-refractivity contribution in [2.24, 2.45) is 0 Å². The average molecular weight is 577 g/mol. The van der Waals surface area contributed by atoms with Gasteiger partial charge in [0.25, 0.3) is 0 Å². The van der Waals surface area contributed by atoms with Crippen molar-refractivity contribution >= 4 is 60.3 Å². The van der Waals surface area contributed by atoms with E-state index in [9.17, 15) is 0 Å². The molecule has 210 valence electrons. The minimum absolute atomic E-state index is 0.874. The maximum atomic E-state index is 6.30. The minimum Gasteiger partial charge on any atom is -0.456 e. The summed E-state index contributed by atoms with van der Waals surface area (Å²) in [7, 11) is 0. The minimum atomic E-state index is 0.874. The Kier molecular flexibility index (Phi) is 4.96. The Morgan fingerprint density at radius 3 is 1.78 bits per heavy atom. The number of para-hydroxylation sites is 1. The second-order valence-electron chi connectivity index (χ2n) is 11.7. The van der Waals surface area contributed by atoms with Crippen molar-refractivity contribution in [3.8, 4) is 33.5 Å². The van der Waals surface area contributed by atoms with E-state index in [0.29, 0.717) is 0 Å². The van der Waals surface area contributed by atoms with Gasteiger partial charge < -0.3 is 13.2 Å². The molecular weight excluding hydrogens is 552 g/mol. The third-order valence-corrected chi connectivity index (χ3v) is 9.02. The lowest BCUT2D eigenvalue weighted by molar-refractivity contribution is 0.664. The summed E-state index contributed by atoms with van der Waals surface area (Å²) in [4.78, 5) is 4.76. The quantitative estimate of drug-likeness (QED) is 0.210. The van der Waals surface area contributed by atoms with E-state index in [2.05, 4.69) is 108 Å². The smallest absolute Gasteiger partial charge is 0.137 e. The van der Waals surface area contributed by atoms with E-state index in [1.165, 1.54) is 27.5 Å². The molecule has 0 spiro atoms. The molecule has 0 aliphatic rings. The van der Waals surface area contributed by atoms with Crippen LogP contribution in [0.2, 0.25) is 0 Å². The molecule has 0 saturated carbocycles. The van der Waals surface area contributed by atoms with Crippen molar-refractivity contribution in [3.05, 3.63) is 146 Å². The molecule has 10 rings (SSSR count). The van der Waals surface area contributed by atoms with Crippen molar-refractivity contribution in [3.63, 3.8) is 0 Å². The van der Waals surface area contributed by atoms with Crippen LogP contribution in [0.15, 0.2) is 155 Å². The van der Waals surface area contributed by atoms with Crippen molar-refractivity contribution in [2.45, 2.75) is 0 Å². The third kappa shape index (κ3) is 3.82. The predicted octanol–water partition coefficient (Wildman–Crippen LogP) is 11.3. The third-order valence-electron chi connectivity index (χ3n) is 9.02. The molecular formula is C41H24N2O2. The number of nitrogens with zero attached hydrogens (tertiary/aromatic N) is 2. The highest BCUT2D eigenvalue weighted by Crippen LogP contribution is 2.38. The van der Waals surface area contributed by atoms with E-state index in [1.807, 2.05) is 42.6 Å². The average Bonchev–Trinajstić information content (AvgIpc) is 3.79. The molecule has 0 saturated heterocycles. The van der Waals surface area contributed by atoms with Crippen LogP contribution in [-0.4, -0.2) is 9.38 Å². The van der Waals surface area contributed by atoms with E-state index in [0.717, 1.165) is 66.3 Å². The van der Waals surface area contributed by atoms with Crippen molar-refractivity contribution in [1.29, 1.82) is 0 Å². The highest BCUT2D eigenvalue weighted by molar-refractivity contribution is 6.15.